The second-order valence-corrected chi connectivity index (χ2v) is 3.41. The van der Waals surface area contributed by atoms with E-state index in [4.69, 9.17) is 4.74 Å². The first-order chi connectivity index (χ1) is 6.86. The lowest BCUT2D eigenvalue weighted by Crippen LogP contribution is -2.02. The zero-order valence-corrected chi connectivity index (χ0v) is 8.63. The number of nitrogens with zero attached hydrogens (tertiary/aromatic N) is 2. The maximum Gasteiger partial charge on any atom is 0.134 e. The van der Waals surface area contributed by atoms with Crippen molar-refractivity contribution in [2.24, 2.45) is 0 Å². The third-order valence-electron chi connectivity index (χ3n) is 1.76. The molecule has 1 unspecified atom stereocenters. The fraction of sp³-hybridized carbons (Fsp3) is 0.111. The molecule has 0 aliphatic heterocycles. The minimum Gasteiger partial charge on any atom is -0.487 e. The average Bonchev–Trinajstić information content (AvgIpc) is 2.69. The lowest BCUT2D eigenvalue weighted by atomic mass is 10.3. The van der Waals surface area contributed by atoms with Crippen molar-refractivity contribution < 1.29 is 4.74 Å². The van der Waals surface area contributed by atoms with Crippen molar-refractivity contribution >= 4 is 14.5 Å². The number of nitrogens with one attached hydrogen (secondary N) is 1. The molecule has 1 atom stereocenters. The summed E-state index contributed by atoms with van der Waals surface area (Å²) in [5.41, 5.74) is 0.790. The summed E-state index contributed by atoms with van der Waals surface area (Å²) in [5, 5.41) is 11.2. The molecule has 72 valence electrons. The van der Waals surface area contributed by atoms with Gasteiger partial charge in [-0.3, -0.25) is 0 Å². The summed E-state index contributed by atoms with van der Waals surface area (Å²) in [6, 6.07) is 7.79. The van der Waals surface area contributed by atoms with Crippen molar-refractivity contribution in [3.05, 3.63) is 36.2 Å². The van der Waals surface area contributed by atoms with Gasteiger partial charge in [0.05, 0.1) is 6.20 Å². The molecule has 2 aromatic rings. The maximum absolute atomic E-state index is 5.54. The van der Waals surface area contributed by atoms with Crippen LogP contribution in [0.3, 0.4) is 0 Å². The highest BCUT2D eigenvalue weighted by molar-refractivity contribution is 7.27. The third-order valence-corrected chi connectivity index (χ3v) is 2.24. The van der Waals surface area contributed by atoms with Crippen LogP contribution in [-0.2, 0) is 6.61 Å². The number of hydrogen-bond donors (Lipinski definition) is 1. The number of para-hydroxylation sites is 1. The predicted octanol–water partition coefficient (Wildman–Crippen LogP) is 0.884. The number of hydrogen-bond acceptors (Lipinski definition) is 3. The van der Waals surface area contributed by atoms with E-state index in [-0.39, 0.29) is 0 Å². The Morgan fingerprint density at radius 1 is 1.36 bits per heavy atom. The molecule has 0 saturated heterocycles. The SMILES string of the molecule is Pc1ccccc1OCc1cn[nH]n1. The third kappa shape index (κ3) is 2.09. The van der Waals surface area contributed by atoms with Gasteiger partial charge in [-0.05, 0) is 6.07 Å². The Labute approximate surface area is 83.9 Å². The van der Waals surface area contributed by atoms with E-state index in [2.05, 4.69) is 24.7 Å². The van der Waals surface area contributed by atoms with Crippen LogP contribution in [0.25, 0.3) is 0 Å². The van der Waals surface area contributed by atoms with Gasteiger partial charge in [-0.2, -0.15) is 15.4 Å². The summed E-state index contributed by atoms with van der Waals surface area (Å²) < 4.78 is 5.54. The van der Waals surface area contributed by atoms with Crippen molar-refractivity contribution in [2.45, 2.75) is 6.61 Å². The van der Waals surface area contributed by atoms with E-state index in [0.717, 1.165) is 16.7 Å². The Kier molecular flexibility index (Phi) is 2.75. The quantitative estimate of drug-likeness (QED) is 0.760. The Bertz CT molecular complexity index is 402. The topological polar surface area (TPSA) is 50.8 Å². The minimum absolute atomic E-state index is 0.432. The van der Waals surface area contributed by atoms with Crippen LogP contribution in [0.1, 0.15) is 5.69 Å². The van der Waals surface area contributed by atoms with Crippen molar-refractivity contribution in [1.82, 2.24) is 15.4 Å². The van der Waals surface area contributed by atoms with Gasteiger partial charge in [0.2, 0.25) is 0 Å². The summed E-state index contributed by atoms with van der Waals surface area (Å²) in [5.74, 6) is 0.848. The summed E-state index contributed by atoms with van der Waals surface area (Å²) in [7, 11) is 2.63. The summed E-state index contributed by atoms with van der Waals surface area (Å²) in [6.07, 6.45) is 1.64. The normalized spacial score (nSPS) is 10.1. The molecule has 14 heavy (non-hydrogen) atoms. The number of aromatic nitrogens is 3. The average molecular weight is 207 g/mol. The minimum atomic E-state index is 0.432. The molecule has 0 saturated carbocycles. The number of rotatable bonds is 3. The molecule has 0 radical (unpaired) electrons. The zero-order chi connectivity index (χ0) is 9.80. The largest absolute Gasteiger partial charge is 0.487 e. The number of benzene rings is 1. The highest BCUT2D eigenvalue weighted by Crippen LogP contribution is 2.11. The van der Waals surface area contributed by atoms with Gasteiger partial charge >= 0.3 is 0 Å². The smallest absolute Gasteiger partial charge is 0.134 e. The van der Waals surface area contributed by atoms with Gasteiger partial charge in [-0.25, -0.2) is 0 Å². The summed E-state index contributed by atoms with van der Waals surface area (Å²) >= 11 is 0. The fourth-order valence-electron chi connectivity index (χ4n) is 1.06. The summed E-state index contributed by atoms with van der Waals surface area (Å²) in [6.45, 7) is 0.432. The van der Waals surface area contributed by atoms with Crippen molar-refractivity contribution in [3.8, 4) is 5.75 Å². The molecule has 0 fully saturated rings. The van der Waals surface area contributed by atoms with Gasteiger partial charge in [0.1, 0.15) is 18.1 Å². The lowest BCUT2D eigenvalue weighted by molar-refractivity contribution is 0.304. The zero-order valence-electron chi connectivity index (χ0n) is 7.47. The molecule has 1 N–H and O–H groups in total. The first-order valence-electron chi connectivity index (χ1n) is 4.18. The second-order valence-electron chi connectivity index (χ2n) is 2.79. The maximum atomic E-state index is 5.54. The van der Waals surface area contributed by atoms with Crippen LogP contribution >= 0.6 is 9.24 Å². The van der Waals surface area contributed by atoms with Crippen LogP contribution in [0.15, 0.2) is 30.5 Å². The first kappa shape index (κ1) is 9.16. The highest BCUT2D eigenvalue weighted by atomic mass is 31.0. The Balaban J connectivity index is 2.02. The van der Waals surface area contributed by atoms with E-state index in [1.807, 2.05) is 24.3 Å². The molecule has 0 aliphatic rings. The van der Waals surface area contributed by atoms with Crippen LogP contribution in [0.5, 0.6) is 5.75 Å². The first-order valence-corrected chi connectivity index (χ1v) is 4.76. The second kappa shape index (κ2) is 4.20. The molecule has 5 heteroatoms. The van der Waals surface area contributed by atoms with Gasteiger partial charge in [0, 0.05) is 5.30 Å². The van der Waals surface area contributed by atoms with E-state index in [9.17, 15) is 0 Å². The molecule has 4 nitrogen and oxygen atoms in total. The fourth-order valence-corrected chi connectivity index (χ4v) is 1.35. The molecule has 0 amide bonds. The van der Waals surface area contributed by atoms with Crippen molar-refractivity contribution in [1.29, 1.82) is 0 Å². The van der Waals surface area contributed by atoms with Gasteiger partial charge in [0.15, 0.2) is 0 Å². The van der Waals surface area contributed by atoms with Crippen LogP contribution in [0, 0.1) is 0 Å². The molecule has 1 heterocycles. The van der Waals surface area contributed by atoms with E-state index in [1.54, 1.807) is 6.20 Å². The Hall–Kier alpha value is -1.41. The summed E-state index contributed by atoms with van der Waals surface area (Å²) in [4.78, 5) is 0. The number of aromatic amines is 1. The molecule has 0 spiro atoms. The monoisotopic (exact) mass is 207 g/mol. The number of H-pyrrole nitrogens is 1. The van der Waals surface area contributed by atoms with Gasteiger partial charge in [-0.15, -0.1) is 9.24 Å². The van der Waals surface area contributed by atoms with Crippen molar-refractivity contribution in [3.63, 3.8) is 0 Å². The van der Waals surface area contributed by atoms with Gasteiger partial charge in [0.25, 0.3) is 0 Å². The molecular formula is C9H10N3OP. The van der Waals surface area contributed by atoms with Crippen LogP contribution in [0.2, 0.25) is 0 Å². The molecule has 2 rings (SSSR count). The van der Waals surface area contributed by atoms with Gasteiger partial charge in [-0.1, -0.05) is 18.2 Å². The van der Waals surface area contributed by atoms with Crippen LogP contribution in [0.4, 0.5) is 0 Å². The standard InChI is InChI=1S/C9H10N3OP/c14-9-4-2-1-3-8(9)13-6-7-5-10-12-11-7/h1-5H,6,14H2,(H,10,11,12). The Morgan fingerprint density at radius 2 is 2.21 bits per heavy atom. The van der Waals surface area contributed by atoms with Gasteiger partial charge < -0.3 is 4.74 Å². The highest BCUT2D eigenvalue weighted by Gasteiger charge is 2.00. The van der Waals surface area contributed by atoms with E-state index in [0.29, 0.717) is 6.61 Å². The Morgan fingerprint density at radius 3 is 2.93 bits per heavy atom. The molecule has 1 aromatic carbocycles. The lowest BCUT2D eigenvalue weighted by Gasteiger charge is -2.05. The van der Waals surface area contributed by atoms with E-state index >= 15 is 0 Å². The predicted molar refractivity (Wildman–Crippen MR) is 56.5 cm³/mol. The molecule has 1 aromatic heterocycles. The molecule has 0 aliphatic carbocycles. The van der Waals surface area contributed by atoms with Crippen LogP contribution < -0.4 is 10.0 Å². The molecular weight excluding hydrogens is 197 g/mol. The number of ether oxygens (including phenoxy) is 1. The van der Waals surface area contributed by atoms with E-state index < -0.39 is 0 Å². The van der Waals surface area contributed by atoms with Crippen LogP contribution in [-0.4, -0.2) is 15.4 Å². The molecule has 0 bridgehead atoms. The van der Waals surface area contributed by atoms with E-state index in [1.165, 1.54) is 0 Å². The van der Waals surface area contributed by atoms with Crippen molar-refractivity contribution in [2.75, 3.05) is 0 Å².